The lowest BCUT2D eigenvalue weighted by Gasteiger charge is -2.16. The molecule has 1 aromatic carbocycles. The molecule has 0 atom stereocenters. The fourth-order valence-corrected chi connectivity index (χ4v) is 1.77. The number of nitrogens with zero attached hydrogens (tertiary/aromatic N) is 1. The lowest BCUT2D eigenvalue weighted by Crippen LogP contribution is -2.32. The first-order chi connectivity index (χ1) is 7.85. The Balaban J connectivity index is 2.47. The number of rotatable bonds is 1. The minimum Gasteiger partial charge on any atom is -0.287 e. The van der Waals surface area contributed by atoms with Crippen LogP contribution in [0.5, 0.6) is 0 Å². The summed E-state index contributed by atoms with van der Waals surface area (Å²) >= 11 is 0. The first kappa shape index (κ1) is 11.5. The van der Waals surface area contributed by atoms with Gasteiger partial charge in [0.25, 0.3) is 0 Å². The van der Waals surface area contributed by atoms with Crippen molar-refractivity contribution in [2.75, 3.05) is 4.90 Å². The van der Waals surface area contributed by atoms with Crippen molar-refractivity contribution < 1.29 is 14.4 Å². The number of Topliss-reactive ketones (excluding diaryl/α,β-unsaturated/α-hetero) is 1. The molecule has 0 spiro atoms. The van der Waals surface area contributed by atoms with Gasteiger partial charge < -0.3 is 0 Å². The Morgan fingerprint density at radius 3 is 1.94 bits per heavy atom. The van der Waals surface area contributed by atoms with E-state index in [-0.39, 0.29) is 0 Å². The van der Waals surface area contributed by atoms with E-state index in [2.05, 4.69) is 0 Å². The molecule has 1 aliphatic rings. The van der Waals surface area contributed by atoms with Gasteiger partial charge in [-0.1, -0.05) is 17.7 Å². The first-order valence-electron chi connectivity index (χ1n) is 5.35. The number of carbonyl (C=O) groups excluding carboxylic acids is 3. The standard InChI is InChI=1S/C13H13NO3/c1-8-4-6-9(7-5-8)14-11(16)10(15)13(2,3)12(14)17/h4-7H,1-3H3. The highest BCUT2D eigenvalue weighted by Gasteiger charge is 2.53. The first-order valence-corrected chi connectivity index (χ1v) is 5.35. The van der Waals surface area contributed by atoms with Gasteiger partial charge in [0.05, 0.1) is 5.69 Å². The molecule has 17 heavy (non-hydrogen) atoms. The maximum Gasteiger partial charge on any atom is 0.302 e. The minimum atomic E-state index is -1.25. The van der Waals surface area contributed by atoms with Crippen molar-refractivity contribution in [2.45, 2.75) is 20.8 Å². The number of aryl methyl sites for hydroxylation is 1. The second-order valence-electron chi connectivity index (χ2n) is 4.74. The molecule has 1 heterocycles. The van der Waals surface area contributed by atoms with Gasteiger partial charge in [-0.3, -0.25) is 14.4 Å². The molecule has 1 aromatic rings. The molecule has 1 fully saturated rings. The van der Waals surface area contributed by atoms with Gasteiger partial charge in [-0.2, -0.15) is 0 Å². The van der Waals surface area contributed by atoms with Crippen LogP contribution >= 0.6 is 0 Å². The van der Waals surface area contributed by atoms with Gasteiger partial charge in [-0.25, -0.2) is 4.90 Å². The summed E-state index contributed by atoms with van der Waals surface area (Å²) < 4.78 is 0. The Bertz CT molecular complexity index is 514. The summed E-state index contributed by atoms with van der Waals surface area (Å²) in [6.07, 6.45) is 0. The molecule has 4 nitrogen and oxygen atoms in total. The van der Waals surface area contributed by atoms with Crippen molar-refractivity contribution in [3.63, 3.8) is 0 Å². The molecule has 4 heteroatoms. The highest BCUT2D eigenvalue weighted by molar-refractivity contribution is 6.57. The Labute approximate surface area is 99.2 Å². The second kappa shape index (κ2) is 3.52. The molecule has 0 aliphatic carbocycles. The normalized spacial score (nSPS) is 19.0. The maximum absolute atomic E-state index is 12.0. The van der Waals surface area contributed by atoms with Crippen LogP contribution in [0.1, 0.15) is 19.4 Å². The van der Waals surface area contributed by atoms with Crippen LogP contribution in [-0.2, 0) is 14.4 Å². The summed E-state index contributed by atoms with van der Waals surface area (Å²) in [6, 6.07) is 6.93. The molecule has 0 bridgehead atoms. The molecule has 0 unspecified atom stereocenters. The summed E-state index contributed by atoms with van der Waals surface area (Å²) in [5.41, 5.74) is 0.227. The largest absolute Gasteiger partial charge is 0.302 e. The fraction of sp³-hybridized carbons (Fsp3) is 0.308. The molecule has 0 aromatic heterocycles. The molecule has 1 aliphatic heterocycles. The van der Waals surface area contributed by atoms with Gasteiger partial charge in [0, 0.05) is 0 Å². The molecule has 0 radical (unpaired) electrons. The molecular formula is C13H13NO3. The van der Waals surface area contributed by atoms with E-state index >= 15 is 0 Å². The van der Waals surface area contributed by atoms with E-state index < -0.39 is 23.0 Å². The average Bonchev–Trinajstić information content (AvgIpc) is 2.43. The van der Waals surface area contributed by atoms with Crippen LogP contribution in [0.4, 0.5) is 5.69 Å². The van der Waals surface area contributed by atoms with Crippen molar-refractivity contribution in [1.82, 2.24) is 0 Å². The van der Waals surface area contributed by atoms with Crippen molar-refractivity contribution in [1.29, 1.82) is 0 Å². The minimum absolute atomic E-state index is 0.449. The van der Waals surface area contributed by atoms with E-state index in [9.17, 15) is 14.4 Å². The summed E-state index contributed by atoms with van der Waals surface area (Å²) in [4.78, 5) is 36.4. The van der Waals surface area contributed by atoms with E-state index in [0.717, 1.165) is 10.5 Å². The van der Waals surface area contributed by atoms with Gasteiger partial charge in [-0.15, -0.1) is 0 Å². The SMILES string of the molecule is Cc1ccc(N2C(=O)C(=O)C(C)(C)C2=O)cc1. The van der Waals surface area contributed by atoms with Crippen LogP contribution in [0.25, 0.3) is 0 Å². The molecule has 0 N–H and O–H groups in total. The number of benzene rings is 1. The molecule has 1 saturated heterocycles. The lowest BCUT2D eigenvalue weighted by molar-refractivity contribution is -0.138. The van der Waals surface area contributed by atoms with Gasteiger partial charge in [0.15, 0.2) is 0 Å². The highest BCUT2D eigenvalue weighted by atomic mass is 16.2. The van der Waals surface area contributed by atoms with E-state index in [1.807, 2.05) is 6.92 Å². The zero-order valence-corrected chi connectivity index (χ0v) is 9.98. The van der Waals surface area contributed by atoms with E-state index in [1.54, 1.807) is 24.3 Å². The van der Waals surface area contributed by atoms with Crippen molar-refractivity contribution in [3.8, 4) is 0 Å². The summed E-state index contributed by atoms with van der Waals surface area (Å²) in [5, 5.41) is 0. The van der Waals surface area contributed by atoms with E-state index in [0.29, 0.717) is 5.69 Å². The fourth-order valence-electron chi connectivity index (χ4n) is 1.77. The number of hydrogen-bond donors (Lipinski definition) is 0. The Morgan fingerprint density at radius 2 is 1.53 bits per heavy atom. The second-order valence-corrected chi connectivity index (χ2v) is 4.74. The predicted molar refractivity (Wildman–Crippen MR) is 62.5 cm³/mol. The van der Waals surface area contributed by atoms with Crippen LogP contribution in [0, 0.1) is 12.3 Å². The molecule has 2 amide bonds. The summed E-state index contributed by atoms with van der Waals surface area (Å²) in [6.45, 7) is 4.86. The molecule has 2 rings (SSSR count). The van der Waals surface area contributed by atoms with Gasteiger partial charge in [0.2, 0.25) is 11.7 Å². The van der Waals surface area contributed by atoms with Crippen molar-refractivity contribution in [3.05, 3.63) is 29.8 Å². The Kier molecular flexibility index (Phi) is 2.38. The molecule has 88 valence electrons. The number of anilines is 1. The van der Waals surface area contributed by atoms with Crippen LogP contribution in [0.15, 0.2) is 24.3 Å². The van der Waals surface area contributed by atoms with Crippen LogP contribution in [-0.4, -0.2) is 17.6 Å². The monoisotopic (exact) mass is 231 g/mol. The van der Waals surface area contributed by atoms with Gasteiger partial charge in [-0.05, 0) is 32.9 Å². The molecular weight excluding hydrogens is 218 g/mol. The third kappa shape index (κ3) is 1.56. The zero-order valence-electron chi connectivity index (χ0n) is 9.98. The number of imide groups is 1. The van der Waals surface area contributed by atoms with Gasteiger partial charge >= 0.3 is 5.91 Å². The van der Waals surface area contributed by atoms with Gasteiger partial charge in [0.1, 0.15) is 5.41 Å². The quantitative estimate of drug-likeness (QED) is 0.417. The number of hydrogen-bond acceptors (Lipinski definition) is 3. The number of amides is 2. The smallest absolute Gasteiger partial charge is 0.287 e. The Hall–Kier alpha value is -1.97. The maximum atomic E-state index is 12.0. The van der Waals surface area contributed by atoms with E-state index in [4.69, 9.17) is 0 Å². The van der Waals surface area contributed by atoms with Crippen molar-refractivity contribution >= 4 is 23.3 Å². The summed E-state index contributed by atoms with van der Waals surface area (Å²) in [7, 11) is 0. The number of carbonyl (C=O) groups is 3. The average molecular weight is 231 g/mol. The van der Waals surface area contributed by atoms with Crippen LogP contribution in [0.3, 0.4) is 0 Å². The van der Waals surface area contributed by atoms with Crippen molar-refractivity contribution in [2.24, 2.45) is 5.41 Å². The predicted octanol–water partition coefficient (Wildman–Crippen LogP) is 1.46. The Morgan fingerprint density at radius 1 is 1.00 bits per heavy atom. The topological polar surface area (TPSA) is 54.5 Å². The van der Waals surface area contributed by atoms with Crippen LogP contribution < -0.4 is 4.90 Å². The molecule has 0 saturated carbocycles. The number of ketones is 1. The van der Waals surface area contributed by atoms with Crippen LogP contribution in [0.2, 0.25) is 0 Å². The lowest BCUT2D eigenvalue weighted by atomic mass is 9.90. The third-order valence-corrected chi connectivity index (χ3v) is 2.99. The third-order valence-electron chi connectivity index (χ3n) is 2.99. The highest BCUT2D eigenvalue weighted by Crippen LogP contribution is 2.32. The van der Waals surface area contributed by atoms with E-state index in [1.165, 1.54) is 13.8 Å². The summed E-state index contributed by atoms with van der Waals surface area (Å²) in [5.74, 6) is -1.86. The zero-order chi connectivity index (χ0) is 12.8.